The van der Waals surface area contributed by atoms with E-state index in [1.165, 1.54) is 12.8 Å². The zero-order valence-electron chi connectivity index (χ0n) is 10.5. The van der Waals surface area contributed by atoms with E-state index in [0.717, 1.165) is 25.2 Å². The molecular weight excluding hydrogens is 216 g/mol. The number of hydrogen-bond acceptors (Lipinski definition) is 5. The molecule has 1 fully saturated rings. The maximum Gasteiger partial charge on any atom is 0.226 e. The van der Waals surface area contributed by atoms with Crippen LogP contribution in [0.25, 0.3) is 0 Å². The minimum atomic E-state index is 0.610. The predicted molar refractivity (Wildman–Crippen MR) is 67.5 cm³/mol. The molecule has 1 aliphatic heterocycles. The standard InChI is InChI=1S/C12H20N4O/c1-9-8-11(17-2)16-12(15-9)14-7-5-10-4-3-6-13-10/h8,10,13H,3-7H2,1-2H3,(H,14,15,16)/t10-/m0/s1. The van der Waals surface area contributed by atoms with Crippen LogP contribution in [-0.2, 0) is 0 Å². The van der Waals surface area contributed by atoms with E-state index in [0.29, 0.717) is 17.9 Å². The summed E-state index contributed by atoms with van der Waals surface area (Å²) in [5.74, 6) is 1.26. The Balaban J connectivity index is 1.83. The van der Waals surface area contributed by atoms with Gasteiger partial charge < -0.3 is 15.4 Å². The molecule has 0 spiro atoms. The smallest absolute Gasteiger partial charge is 0.226 e. The molecule has 5 heteroatoms. The third kappa shape index (κ3) is 3.56. The molecule has 2 heterocycles. The Morgan fingerprint density at radius 2 is 2.41 bits per heavy atom. The van der Waals surface area contributed by atoms with Crippen molar-refractivity contribution in [2.75, 3.05) is 25.5 Å². The van der Waals surface area contributed by atoms with Crippen LogP contribution in [0, 0.1) is 6.92 Å². The molecule has 94 valence electrons. The van der Waals surface area contributed by atoms with Crippen LogP contribution in [0.2, 0.25) is 0 Å². The van der Waals surface area contributed by atoms with Gasteiger partial charge in [-0.1, -0.05) is 0 Å². The highest BCUT2D eigenvalue weighted by atomic mass is 16.5. The van der Waals surface area contributed by atoms with Crippen LogP contribution in [0.4, 0.5) is 5.95 Å². The summed E-state index contributed by atoms with van der Waals surface area (Å²) in [6, 6.07) is 2.47. The lowest BCUT2D eigenvalue weighted by molar-refractivity contribution is 0.397. The summed E-state index contributed by atoms with van der Waals surface area (Å²) in [5.41, 5.74) is 0.915. The quantitative estimate of drug-likeness (QED) is 0.808. The minimum Gasteiger partial charge on any atom is -0.481 e. The normalized spacial score (nSPS) is 19.3. The molecule has 1 aromatic heterocycles. The van der Waals surface area contributed by atoms with E-state index in [1.54, 1.807) is 7.11 Å². The van der Waals surface area contributed by atoms with E-state index in [-0.39, 0.29) is 0 Å². The molecule has 17 heavy (non-hydrogen) atoms. The van der Waals surface area contributed by atoms with Gasteiger partial charge in [0, 0.05) is 24.3 Å². The second-order valence-electron chi connectivity index (χ2n) is 4.38. The van der Waals surface area contributed by atoms with Crippen LogP contribution in [-0.4, -0.2) is 36.2 Å². The van der Waals surface area contributed by atoms with E-state index in [2.05, 4.69) is 20.6 Å². The molecule has 1 aromatic rings. The molecule has 0 bridgehead atoms. The first kappa shape index (κ1) is 12.1. The molecule has 1 saturated heterocycles. The number of anilines is 1. The number of nitrogens with zero attached hydrogens (tertiary/aromatic N) is 2. The van der Waals surface area contributed by atoms with Gasteiger partial charge in [-0.3, -0.25) is 0 Å². The van der Waals surface area contributed by atoms with E-state index in [4.69, 9.17) is 4.74 Å². The summed E-state index contributed by atoms with van der Waals surface area (Å²) in [7, 11) is 1.62. The molecule has 0 saturated carbocycles. The Kier molecular flexibility index (Phi) is 4.14. The van der Waals surface area contributed by atoms with Crippen molar-refractivity contribution in [2.24, 2.45) is 0 Å². The molecule has 0 radical (unpaired) electrons. The zero-order valence-corrected chi connectivity index (χ0v) is 10.5. The Hall–Kier alpha value is -1.36. The Labute approximate surface area is 102 Å². The third-order valence-corrected chi connectivity index (χ3v) is 2.98. The SMILES string of the molecule is COc1cc(C)nc(NCC[C@@H]2CCCN2)n1. The number of hydrogen-bond donors (Lipinski definition) is 2. The van der Waals surface area contributed by atoms with Gasteiger partial charge in [0.1, 0.15) is 0 Å². The van der Waals surface area contributed by atoms with Crippen molar-refractivity contribution in [1.29, 1.82) is 0 Å². The van der Waals surface area contributed by atoms with Gasteiger partial charge >= 0.3 is 0 Å². The molecule has 0 aromatic carbocycles. The lowest BCUT2D eigenvalue weighted by Crippen LogP contribution is -2.24. The van der Waals surface area contributed by atoms with Gasteiger partial charge in [0.2, 0.25) is 11.8 Å². The molecule has 0 aliphatic carbocycles. The van der Waals surface area contributed by atoms with Gasteiger partial charge in [-0.25, -0.2) is 4.98 Å². The predicted octanol–water partition coefficient (Wildman–Crippen LogP) is 1.35. The first-order valence-electron chi connectivity index (χ1n) is 6.15. The summed E-state index contributed by atoms with van der Waals surface area (Å²) in [5, 5.41) is 6.72. The van der Waals surface area contributed by atoms with Gasteiger partial charge in [-0.15, -0.1) is 0 Å². The summed E-state index contributed by atoms with van der Waals surface area (Å²) in [4.78, 5) is 8.57. The van der Waals surface area contributed by atoms with Gasteiger partial charge in [-0.2, -0.15) is 4.98 Å². The molecule has 2 rings (SSSR count). The number of nitrogens with one attached hydrogen (secondary N) is 2. The van der Waals surface area contributed by atoms with E-state index in [9.17, 15) is 0 Å². The fourth-order valence-electron chi connectivity index (χ4n) is 2.08. The third-order valence-electron chi connectivity index (χ3n) is 2.98. The van der Waals surface area contributed by atoms with Crippen LogP contribution >= 0.6 is 0 Å². The van der Waals surface area contributed by atoms with Gasteiger partial charge in [-0.05, 0) is 32.7 Å². The lowest BCUT2D eigenvalue weighted by Gasteiger charge is -2.11. The number of rotatable bonds is 5. The highest BCUT2D eigenvalue weighted by Gasteiger charge is 2.13. The number of ether oxygens (including phenoxy) is 1. The van der Waals surface area contributed by atoms with Crippen LogP contribution < -0.4 is 15.4 Å². The summed E-state index contributed by atoms with van der Waals surface area (Å²) >= 11 is 0. The van der Waals surface area contributed by atoms with Crippen molar-refractivity contribution in [3.63, 3.8) is 0 Å². The van der Waals surface area contributed by atoms with E-state index in [1.807, 2.05) is 13.0 Å². The number of methoxy groups -OCH3 is 1. The molecule has 2 N–H and O–H groups in total. The van der Waals surface area contributed by atoms with Crippen molar-refractivity contribution in [3.8, 4) is 5.88 Å². The molecule has 0 amide bonds. The average Bonchev–Trinajstić information content (AvgIpc) is 2.81. The number of aromatic nitrogens is 2. The van der Waals surface area contributed by atoms with Crippen LogP contribution in [0.1, 0.15) is 25.0 Å². The molecular formula is C12H20N4O. The topological polar surface area (TPSA) is 59.1 Å². The highest BCUT2D eigenvalue weighted by molar-refractivity contribution is 5.30. The van der Waals surface area contributed by atoms with E-state index < -0.39 is 0 Å². The summed E-state index contributed by atoms with van der Waals surface area (Å²) in [6.45, 7) is 3.98. The zero-order chi connectivity index (χ0) is 12.1. The van der Waals surface area contributed by atoms with Crippen molar-refractivity contribution < 1.29 is 4.74 Å². The van der Waals surface area contributed by atoms with Crippen molar-refractivity contribution in [1.82, 2.24) is 15.3 Å². The maximum atomic E-state index is 5.11. The second-order valence-corrected chi connectivity index (χ2v) is 4.38. The maximum absolute atomic E-state index is 5.11. The Morgan fingerprint density at radius 3 is 3.12 bits per heavy atom. The summed E-state index contributed by atoms with van der Waals surface area (Å²) < 4.78 is 5.11. The monoisotopic (exact) mass is 236 g/mol. The van der Waals surface area contributed by atoms with Gasteiger partial charge in [0.15, 0.2) is 0 Å². The van der Waals surface area contributed by atoms with Gasteiger partial charge in [0.05, 0.1) is 7.11 Å². The largest absolute Gasteiger partial charge is 0.481 e. The minimum absolute atomic E-state index is 0.610. The summed E-state index contributed by atoms with van der Waals surface area (Å²) in [6.07, 6.45) is 3.68. The van der Waals surface area contributed by atoms with Crippen molar-refractivity contribution in [3.05, 3.63) is 11.8 Å². The molecule has 0 unspecified atom stereocenters. The van der Waals surface area contributed by atoms with Crippen LogP contribution in [0.5, 0.6) is 5.88 Å². The lowest BCUT2D eigenvalue weighted by atomic mass is 10.1. The van der Waals surface area contributed by atoms with Gasteiger partial charge in [0.25, 0.3) is 0 Å². The second kappa shape index (κ2) is 5.82. The average molecular weight is 236 g/mol. The highest BCUT2D eigenvalue weighted by Crippen LogP contribution is 2.12. The Bertz CT molecular complexity index is 364. The fraction of sp³-hybridized carbons (Fsp3) is 0.667. The molecule has 5 nitrogen and oxygen atoms in total. The number of aryl methyl sites for hydroxylation is 1. The Morgan fingerprint density at radius 1 is 1.53 bits per heavy atom. The fourth-order valence-corrected chi connectivity index (χ4v) is 2.08. The van der Waals surface area contributed by atoms with Crippen LogP contribution in [0.3, 0.4) is 0 Å². The molecule has 1 aliphatic rings. The van der Waals surface area contributed by atoms with Crippen molar-refractivity contribution >= 4 is 5.95 Å². The van der Waals surface area contributed by atoms with Crippen LogP contribution in [0.15, 0.2) is 6.07 Å². The van der Waals surface area contributed by atoms with E-state index >= 15 is 0 Å². The first-order valence-corrected chi connectivity index (χ1v) is 6.15. The van der Waals surface area contributed by atoms with Crippen molar-refractivity contribution in [2.45, 2.75) is 32.2 Å². The first-order chi connectivity index (χ1) is 8.28. The molecule has 1 atom stereocenters.